The zero-order valence-electron chi connectivity index (χ0n) is 9.64. The van der Waals surface area contributed by atoms with Crippen LogP contribution in [0.2, 0.25) is 0 Å². The van der Waals surface area contributed by atoms with Crippen molar-refractivity contribution >= 4 is 21.6 Å². The van der Waals surface area contributed by atoms with Crippen molar-refractivity contribution in [3.63, 3.8) is 0 Å². The standard InChI is InChI=1S/C14H16OS/c1-11(2)10-16(15)14-9-5-7-12-6-3-4-8-13(12)14/h3-9,11H,10H2,1-2H3. The molecule has 0 saturated carbocycles. The van der Waals surface area contributed by atoms with Crippen LogP contribution in [0.5, 0.6) is 0 Å². The molecule has 2 rings (SSSR count). The first kappa shape index (κ1) is 11.3. The summed E-state index contributed by atoms with van der Waals surface area (Å²) in [5, 5.41) is 2.28. The van der Waals surface area contributed by atoms with Gasteiger partial charge in [-0.3, -0.25) is 4.21 Å². The van der Waals surface area contributed by atoms with Gasteiger partial charge in [-0.15, -0.1) is 0 Å². The molecule has 16 heavy (non-hydrogen) atoms. The van der Waals surface area contributed by atoms with E-state index in [4.69, 9.17) is 0 Å². The number of fused-ring (bicyclic) bond motifs is 1. The third-order valence-corrected chi connectivity index (χ3v) is 4.30. The van der Waals surface area contributed by atoms with Crippen molar-refractivity contribution in [2.45, 2.75) is 18.7 Å². The topological polar surface area (TPSA) is 17.1 Å². The summed E-state index contributed by atoms with van der Waals surface area (Å²) < 4.78 is 12.2. The highest BCUT2D eigenvalue weighted by Crippen LogP contribution is 2.22. The second-order valence-corrected chi connectivity index (χ2v) is 5.85. The maximum Gasteiger partial charge on any atom is 0.0538 e. The minimum absolute atomic E-state index is 0.458. The van der Waals surface area contributed by atoms with Crippen molar-refractivity contribution < 1.29 is 4.21 Å². The SMILES string of the molecule is CC(C)CS(=O)c1cccc2ccccc12. The Morgan fingerprint density at radius 1 is 1.06 bits per heavy atom. The number of benzene rings is 2. The van der Waals surface area contributed by atoms with Crippen LogP contribution in [0.3, 0.4) is 0 Å². The van der Waals surface area contributed by atoms with E-state index in [2.05, 4.69) is 26.0 Å². The Bertz CT molecular complexity index is 512. The molecule has 0 aliphatic carbocycles. The minimum atomic E-state index is -0.888. The number of hydrogen-bond acceptors (Lipinski definition) is 1. The number of hydrogen-bond donors (Lipinski definition) is 0. The van der Waals surface area contributed by atoms with E-state index in [0.29, 0.717) is 5.92 Å². The molecule has 2 aromatic carbocycles. The molecule has 1 unspecified atom stereocenters. The van der Waals surface area contributed by atoms with E-state index < -0.39 is 10.8 Å². The molecule has 0 aliphatic rings. The summed E-state index contributed by atoms with van der Waals surface area (Å²) in [6, 6.07) is 14.1. The molecule has 0 amide bonds. The van der Waals surface area contributed by atoms with Crippen LogP contribution < -0.4 is 0 Å². The Kier molecular flexibility index (Phi) is 3.39. The average molecular weight is 232 g/mol. The van der Waals surface area contributed by atoms with Crippen molar-refractivity contribution in [1.29, 1.82) is 0 Å². The molecule has 2 aromatic rings. The molecule has 0 aliphatic heterocycles. The summed E-state index contributed by atoms with van der Waals surface area (Å²) in [7, 11) is -0.888. The number of rotatable bonds is 3. The van der Waals surface area contributed by atoms with Gasteiger partial charge in [-0.1, -0.05) is 50.2 Å². The second-order valence-electron chi connectivity index (χ2n) is 4.38. The average Bonchev–Trinajstić information content (AvgIpc) is 2.27. The highest BCUT2D eigenvalue weighted by Gasteiger charge is 2.09. The van der Waals surface area contributed by atoms with Gasteiger partial charge in [0.2, 0.25) is 0 Å². The Balaban J connectivity index is 2.48. The fraction of sp³-hybridized carbons (Fsp3) is 0.286. The van der Waals surface area contributed by atoms with Gasteiger partial charge in [-0.05, 0) is 22.8 Å². The van der Waals surface area contributed by atoms with Gasteiger partial charge in [0.05, 0.1) is 10.8 Å². The van der Waals surface area contributed by atoms with Crippen molar-refractivity contribution in [3.05, 3.63) is 42.5 Å². The lowest BCUT2D eigenvalue weighted by Gasteiger charge is -2.08. The van der Waals surface area contributed by atoms with Gasteiger partial charge in [0.25, 0.3) is 0 Å². The van der Waals surface area contributed by atoms with Crippen molar-refractivity contribution in [1.82, 2.24) is 0 Å². The molecule has 1 nitrogen and oxygen atoms in total. The predicted molar refractivity (Wildman–Crippen MR) is 70.1 cm³/mol. The van der Waals surface area contributed by atoms with Crippen molar-refractivity contribution in [2.75, 3.05) is 5.75 Å². The predicted octanol–water partition coefficient (Wildman–Crippen LogP) is 3.60. The summed E-state index contributed by atoms with van der Waals surface area (Å²) in [6.45, 7) is 4.20. The van der Waals surface area contributed by atoms with E-state index in [1.165, 1.54) is 0 Å². The molecule has 0 spiro atoms. The Morgan fingerprint density at radius 3 is 2.50 bits per heavy atom. The van der Waals surface area contributed by atoms with Gasteiger partial charge in [0, 0.05) is 10.6 Å². The third kappa shape index (κ3) is 2.33. The Morgan fingerprint density at radius 2 is 1.75 bits per heavy atom. The molecule has 0 aromatic heterocycles. The van der Waals surface area contributed by atoms with Gasteiger partial charge in [-0.2, -0.15) is 0 Å². The third-order valence-electron chi connectivity index (χ3n) is 2.48. The van der Waals surface area contributed by atoms with Crippen LogP contribution in [0.1, 0.15) is 13.8 Å². The zero-order chi connectivity index (χ0) is 11.5. The van der Waals surface area contributed by atoms with Crippen LogP contribution in [0.25, 0.3) is 10.8 Å². The van der Waals surface area contributed by atoms with E-state index in [9.17, 15) is 4.21 Å². The van der Waals surface area contributed by atoms with Gasteiger partial charge >= 0.3 is 0 Å². The lowest BCUT2D eigenvalue weighted by molar-refractivity contribution is 0.665. The normalized spacial score (nSPS) is 13.2. The van der Waals surface area contributed by atoms with Crippen molar-refractivity contribution in [2.24, 2.45) is 5.92 Å². The fourth-order valence-corrected chi connectivity index (χ4v) is 3.23. The highest BCUT2D eigenvalue weighted by atomic mass is 32.2. The maximum absolute atomic E-state index is 12.2. The maximum atomic E-state index is 12.2. The smallest absolute Gasteiger partial charge is 0.0538 e. The van der Waals surface area contributed by atoms with Crippen LogP contribution in [0, 0.1) is 5.92 Å². The van der Waals surface area contributed by atoms with E-state index >= 15 is 0 Å². The quantitative estimate of drug-likeness (QED) is 0.790. The molecule has 0 N–H and O–H groups in total. The molecule has 0 fully saturated rings. The molecule has 84 valence electrons. The first-order chi connectivity index (χ1) is 7.68. The Labute approximate surface area is 98.9 Å². The monoisotopic (exact) mass is 232 g/mol. The van der Waals surface area contributed by atoms with Gasteiger partial charge < -0.3 is 0 Å². The summed E-state index contributed by atoms with van der Waals surface area (Å²) >= 11 is 0. The highest BCUT2D eigenvalue weighted by molar-refractivity contribution is 7.85. The van der Waals surface area contributed by atoms with Crippen LogP contribution in [-0.4, -0.2) is 9.96 Å². The van der Waals surface area contributed by atoms with Gasteiger partial charge in [0.15, 0.2) is 0 Å². The molecular formula is C14H16OS. The van der Waals surface area contributed by atoms with E-state index in [1.807, 2.05) is 30.3 Å². The minimum Gasteiger partial charge on any atom is -0.254 e. The van der Waals surface area contributed by atoms with E-state index in [0.717, 1.165) is 21.4 Å². The second kappa shape index (κ2) is 4.79. The summed E-state index contributed by atoms with van der Waals surface area (Å²) in [4.78, 5) is 0.965. The zero-order valence-corrected chi connectivity index (χ0v) is 10.5. The summed E-state index contributed by atoms with van der Waals surface area (Å²) in [6.07, 6.45) is 0. The van der Waals surface area contributed by atoms with Crippen LogP contribution in [-0.2, 0) is 10.8 Å². The lowest BCUT2D eigenvalue weighted by Crippen LogP contribution is -2.04. The molecule has 0 saturated heterocycles. The largest absolute Gasteiger partial charge is 0.254 e. The molecule has 0 heterocycles. The summed E-state index contributed by atoms with van der Waals surface area (Å²) in [5.41, 5.74) is 0. The molecule has 2 heteroatoms. The lowest BCUT2D eigenvalue weighted by atomic mass is 10.1. The Hall–Kier alpha value is -1.15. The van der Waals surface area contributed by atoms with Crippen LogP contribution in [0.15, 0.2) is 47.4 Å². The summed E-state index contributed by atoms with van der Waals surface area (Å²) in [5.74, 6) is 1.19. The molecule has 0 bridgehead atoms. The van der Waals surface area contributed by atoms with Gasteiger partial charge in [-0.25, -0.2) is 0 Å². The first-order valence-corrected chi connectivity index (χ1v) is 6.86. The molecule has 0 radical (unpaired) electrons. The van der Waals surface area contributed by atoms with Gasteiger partial charge in [0.1, 0.15) is 0 Å². The van der Waals surface area contributed by atoms with Crippen LogP contribution in [0.4, 0.5) is 0 Å². The molecular weight excluding hydrogens is 216 g/mol. The van der Waals surface area contributed by atoms with E-state index in [-0.39, 0.29) is 0 Å². The fourth-order valence-electron chi connectivity index (χ4n) is 1.79. The van der Waals surface area contributed by atoms with Crippen LogP contribution >= 0.6 is 0 Å². The van der Waals surface area contributed by atoms with E-state index in [1.54, 1.807) is 0 Å². The first-order valence-electron chi connectivity index (χ1n) is 5.54. The van der Waals surface area contributed by atoms with Crippen molar-refractivity contribution in [3.8, 4) is 0 Å². The molecule has 1 atom stereocenters.